The lowest BCUT2D eigenvalue weighted by Crippen LogP contribution is -2.22. The van der Waals surface area contributed by atoms with Gasteiger partial charge in [-0.1, -0.05) is 31.9 Å². The summed E-state index contributed by atoms with van der Waals surface area (Å²) < 4.78 is 25.0. The van der Waals surface area contributed by atoms with E-state index in [0.29, 0.717) is 21.7 Å². The minimum atomic E-state index is -0.361. The van der Waals surface area contributed by atoms with E-state index < -0.39 is 0 Å². The van der Waals surface area contributed by atoms with Gasteiger partial charge in [0, 0.05) is 26.4 Å². The average Bonchev–Trinajstić information content (AvgIpc) is 3.26. The Balaban J connectivity index is 1.62. The molecule has 1 atom stereocenters. The van der Waals surface area contributed by atoms with Gasteiger partial charge in [0.05, 0.1) is 26.7 Å². The average molecular weight is 520 g/mol. The fourth-order valence-corrected chi connectivity index (χ4v) is 5.73. The molecular weight excluding hydrogens is 507 g/mol. The van der Waals surface area contributed by atoms with Crippen LogP contribution < -0.4 is 4.74 Å². The maximum atomic E-state index is 14.9. The van der Waals surface area contributed by atoms with Crippen molar-refractivity contribution in [1.82, 2.24) is 9.55 Å². The fraction of sp³-hybridized carbons (Fsp3) is 0.190. The summed E-state index contributed by atoms with van der Waals surface area (Å²) in [4.78, 5) is 5.67. The SMILES string of the molecule is Fc1cc(Br)cc2c1-c1cc3cc(Br)ccc3n1C(c1cnc(C3CC3)s1)O2. The Morgan fingerprint density at radius 2 is 1.96 bits per heavy atom. The summed E-state index contributed by atoms with van der Waals surface area (Å²) in [6.45, 7) is 0. The van der Waals surface area contributed by atoms with E-state index in [1.54, 1.807) is 11.3 Å². The predicted molar refractivity (Wildman–Crippen MR) is 116 cm³/mol. The first-order chi connectivity index (χ1) is 13.6. The summed E-state index contributed by atoms with van der Waals surface area (Å²) in [5, 5.41) is 2.21. The summed E-state index contributed by atoms with van der Waals surface area (Å²) in [5.74, 6) is 0.847. The van der Waals surface area contributed by atoms with E-state index in [-0.39, 0.29) is 12.0 Å². The molecule has 0 saturated heterocycles. The van der Waals surface area contributed by atoms with Gasteiger partial charge < -0.3 is 4.74 Å². The highest BCUT2D eigenvalue weighted by Crippen LogP contribution is 2.49. The number of nitrogens with zero attached hydrogens (tertiary/aromatic N) is 2. The lowest BCUT2D eigenvalue weighted by molar-refractivity contribution is 0.175. The zero-order valence-corrected chi connectivity index (χ0v) is 18.4. The van der Waals surface area contributed by atoms with Gasteiger partial charge in [0.2, 0.25) is 6.23 Å². The van der Waals surface area contributed by atoms with E-state index in [1.165, 1.54) is 23.9 Å². The lowest BCUT2D eigenvalue weighted by atomic mass is 10.1. The number of halogens is 3. The van der Waals surface area contributed by atoms with Crippen molar-refractivity contribution in [2.24, 2.45) is 0 Å². The molecule has 3 heterocycles. The second kappa shape index (κ2) is 6.15. The van der Waals surface area contributed by atoms with Crippen LogP contribution in [0.25, 0.3) is 22.2 Å². The van der Waals surface area contributed by atoms with Crippen LogP contribution in [0.3, 0.4) is 0 Å². The number of aromatic nitrogens is 2. The van der Waals surface area contributed by atoms with Crippen LogP contribution in [0.2, 0.25) is 0 Å². The highest BCUT2D eigenvalue weighted by Gasteiger charge is 2.34. The van der Waals surface area contributed by atoms with Gasteiger partial charge in [-0.15, -0.1) is 11.3 Å². The monoisotopic (exact) mass is 518 g/mol. The molecule has 2 aliphatic rings. The molecule has 0 amide bonds. The van der Waals surface area contributed by atoms with Crippen LogP contribution in [-0.2, 0) is 0 Å². The molecule has 0 bridgehead atoms. The van der Waals surface area contributed by atoms with Crippen LogP contribution in [0.4, 0.5) is 4.39 Å². The van der Waals surface area contributed by atoms with Crippen LogP contribution >= 0.6 is 43.2 Å². The molecule has 7 heteroatoms. The van der Waals surface area contributed by atoms with Crippen molar-refractivity contribution in [2.45, 2.75) is 25.0 Å². The third kappa shape index (κ3) is 2.60. The normalized spacial score (nSPS) is 18.0. The molecule has 2 aromatic carbocycles. The molecule has 4 aromatic rings. The summed E-state index contributed by atoms with van der Waals surface area (Å²) in [6.07, 6.45) is 3.98. The first-order valence-electron chi connectivity index (χ1n) is 9.00. The Morgan fingerprint density at radius 1 is 1.11 bits per heavy atom. The maximum absolute atomic E-state index is 14.9. The quantitative estimate of drug-likeness (QED) is 0.279. The number of benzene rings is 2. The highest BCUT2D eigenvalue weighted by molar-refractivity contribution is 9.10. The van der Waals surface area contributed by atoms with Gasteiger partial charge in [0.1, 0.15) is 11.6 Å². The molecule has 0 radical (unpaired) electrons. The summed E-state index contributed by atoms with van der Waals surface area (Å²) >= 11 is 8.63. The predicted octanol–water partition coefficient (Wildman–Crippen LogP) is 7.25. The molecule has 1 unspecified atom stereocenters. The third-order valence-electron chi connectivity index (χ3n) is 5.26. The Bertz CT molecular complexity index is 1260. The Labute approximate surface area is 181 Å². The second-order valence-corrected chi connectivity index (χ2v) is 10.1. The van der Waals surface area contributed by atoms with Crippen molar-refractivity contribution in [2.75, 3.05) is 0 Å². The van der Waals surface area contributed by atoms with Crippen molar-refractivity contribution in [3.63, 3.8) is 0 Å². The van der Waals surface area contributed by atoms with Gasteiger partial charge in [-0.2, -0.15) is 0 Å². The molecule has 1 fully saturated rings. The van der Waals surface area contributed by atoms with Gasteiger partial charge in [-0.3, -0.25) is 4.57 Å². The third-order valence-corrected chi connectivity index (χ3v) is 7.40. The van der Waals surface area contributed by atoms with Crippen molar-refractivity contribution >= 4 is 54.1 Å². The van der Waals surface area contributed by atoms with Crippen LogP contribution in [0.1, 0.15) is 34.9 Å². The van der Waals surface area contributed by atoms with Crippen molar-refractivity contribution in [3.05, 3.63) is 67.2 Å². The molecule has 1 aliphatic carbocycles. The van der Waals surface area contributed by atoms with Gasteiger partial charge in [0.25, 0.3) is 0 Å². The van der Waals surface area contributed by atoms with Crippen LogP contribution in [0.5, 0.6) is 5.75 Å². The zero-order valence-electron chi connectivity index (χ0n) is 14.5. The Kier molecular flexibility index (Phi) is 3.77. The van der Waals surface area contributed by atoms with Gasteiger partial charge >= 0.3 is 0 Å². The summed E-state index contributed by atoms with van der Waals surface area (Å²) in [5.41, 5.74) is 2.34. The topological polar surface area (TPSA) is 27.1 Å². The van der Waals surface area contributed by atoms with E-state index in [2.05, 4.69) is 47.5 Å². The van der Waals surface area contributed by atoms with E-state index in [4.69, 9.17) is 4.74 Å². The number of rotatable bonds is 2. The first-order valence-corrected chi connectivity index (χ1v) is 11.4. The number of ether oxygens (including phenoxy) is 1. The van der Waals surface area contributed by atoms with Crippen molar-refractivity contribution in [1.29, 1.82) is 0 Å². The molecule has 3 nitrogen and oxygen atoms in total. The van der Waals surface area contributed by atoms with Gasteiger partial charge in [-0.25, -0.2) is 9.37 Å². The largest absolute Gasteiger partial charge is 0.464 e. The molecule has 0 spiro atoms. The number of thiazole rings is 1. The first kappa shape index (κ1) is 17.2. The van der Waals surface area contributed by atoms with E-state index >= 15 is 0 Å². The Morgan fingerprint density at radius 3 is 2.79 bits per heavy atom. The van der Waals surface area contributed by atoms with Crippen LogP contribution in [-0.4, -0.2) is 9.55 Å². The van der Waals surface area contributed by atoms with Gasteiger partial charge in [-0.05, 0) is 49.2 Å². The lowest BCUT2D eigenvalue weighted by Gasteiger charge is -2.29. The zero-order chi connectivity index (χ0) is 19.0. The maximum Gasteiger partial charge on any atom is 0.213 e. The second-order valence-electron chi connectivity index (χ2n) is 7.21. The van der Waals surface area contributed by atoms with Crippen LogP contribution in [0.15, 0.2) is 51.5 Å². The minimum Gasteiger partial charge on any atom is -0.464 e. The Hall–Kier alpha value is -1.70. The number of fused-ring (bicyclic) bond motifs is 5. The molecule has 28 heavy (non-hydrogen) atoms. The van der Waals surface area contributed by atoms with E-state index in [9.17, 15) is 4.39 Å². The molecule has 1 saturated carbocycles. The minimum absolute atomic E-state index is 0.297. The molecule has 140 valence electrons. The molecule has 0 N–H and O–H groups in total. The summed E-state index contributed by atoms with van der Waals surface area (Å²) in [6, 6.07) is 11.5. The summed E-state index contributed by atoms with van der Waals surface area (Å²) in [7, 11) is 0. The highest BCUT2D eigenvalue weighted by atomic mass is 79.9. The molecular formula is C21H13Br2FN2OS. The standard InChI is InChI=1S/C21H13Br2FN2OS/c22-12-3-4-15-11(5-12)6-16-19-14(24)7-13(23)8-17(19)27-21(26(15)16)18-9-25-20(28-18)10-1-2-10/h3-10,21H,1-2H2. The number of hydrogen-bond acceptors (Lipinski definition) is 3. The smallest absolute Gasteiger partial charge is 0.213 e. The fourth-order valence-electron chi connectivity index (χ4n) is 3.84. The van der Waals surface area contributed by atoms with E-state index in [0.717, 1.165) is 25.9 Å². The van der Waals surface area contributed by atoms with Crippen molar-refractivity contribution in [3.8, 4) is 17.0 Å². The van der Waals surface area contributed by atoms with Gasteiger partial charge in [0.15, 0.2) is 0 Å². The van der Waals surface area contributed by atoms with E-state index in [1.807, 2.05) is 30.5 Å². The van der Waals surface area contributed by atoms with Crippen LogP contribution in [0, 0.1) is 5.82 Å². The number of hydrogen-bond donors (Lipinski definition) is 0. The molecule has 2 aromatic heterocycles. The molecule has 1 aliphatic heterocycles. The molecule has 6 rings (SSSR count). The van der Waals surface area contributed by atoms with Crippen molar-refractivity contribution < 1.29 is 9.13 Å².